The van der Waals surface area contributed by atoms with E-state index in [4.69, 9.17) is 18.9 Å². The summed E-state index contributed by atoms with van der Waals surface area (Å²) in [5.74, 6) is -2.70. The van der Waals surface area contributed by atoms with Crippen LogP contribution in [0, 0.1) is 50.2 Å². The zero-order valence-corrected chi connectivity index (χ0v) is 34.3. The highest BCUT2D eigenvalue weighted by atomic mass is 16.7. The summed E-state index contributed by atoms with van der Waals surface area (Å²) >= 11 is 0. The van der Waals surface area contributed by atoms with Gasteiger partial charge in [0, 0.05) is 0 Å². The molecule has 16 heteroatoms. The fourth-order valence-electron chi connectivity index (χ4n) is 13.5. The minimum Gasteiger partial charge on any atom is -0.479 e. The summed E-state index contributed by atoms with van der Waals surface area (Å²) in [7, 11) is 0. The molecule has 0 aromatic rings. The standard InChI is InChI=1S/C42H64O16/c1-37(2)11-13-42(36(54)58-34-29(50)26(47)25(46)22(17-43)55-34)14-12-40(5)19(20(42)15-37)7-8-24-38(3)16-21(45)32(39(4,18-44)23(38)9-10-41(24,40)6)57-35-30(51)27(48)28(49)31(56-35)33(52)53/h7,18,20-32,34-35,43,45-51H,8-17H2,1-6H3,(H,52,53)/t20-,21-,22+,23+,24+,25+,26-,27-,28-,29+,30+,31-,32-,34-,35-,38-,39+,40+,41+,42-/m0/s1. The lowest BCUT2D eigenvalue weighted by Crippen LogP contribution is -2.69. The van der Waals surface area contributed by atoms with E-state index in [1.807, 2.05) is 0 Å². The zero-order chi connectivity index (χ0) is 42.7. The maximum atomic E-state index is 14.6. The summed E-state index contributed by atoms with van der Waals surface area (Å²) in [6, 6.07) is 0. The number of aliphatic hydroxyl groups excluding tert-OH is 8. The predicted octanol–water partition coefficient (Wildman–Crippen LogP) is 0.558. The number of hydrogen-bond donors (Lipinski definition) is 9. The fraction of sp³-hybridized carbons (Fsp3) is 0.881. The van der Waals surface area contributed by atoms with Crippen molar-refractivity contribution in [1.82, 2.24) is 0 Å². The quantitative estimate of drug-likeness (QED) is 0.0735. The van der Waals surface area contributed by atoms with Crippen LogP contribution < -0.4 is 0 Å². The minimum atomic E-state index is -1.93. The Labute approximate surface area is 338 Å². The summed E-state index contributed by atoms with van der Waals surface area (Å²) in [4.78, 5) is 39.7. The van der Waals surface area contributed by atoms with Crippen molar-refractivity contribution in [2.75, 3.05) is 6.61 Å². The van der Waals surface area contributed by atoms with Crippen LogP contribution in [0.15, 0.2) is 11.6 Å². The molecule has 7 aliphatic rings. The molecule has 0 aromatic heterocycles. The first-order valence-electron chi connectivity index (χ1n) is 20.9. The van der Waals surface area contributed by atoms with E-state index >= 15 is 0 Å². The summed E-state index contributed by atoms with van der Waals surface area (Å²) in [5, 5.41) is 94.3. The summed E-state index contributed by atoms with van der Waals surface area (Å²) in [5.41, 5.74) is -2.60. The van der Waals surface area contributed by atoms with Crippen LogP contribution in [-0.4, -0.2) is 144 Å². The molecule has 0 radical (unpaired) electrons. The van der Waals surface area contributed by atoms with E-state index in [1.54, 1.807) is 6.92 Å². The number of allylic oxidation sites excluding steroid dienone is 2. The molecule has 58 heavy (non-hydrogen) atoms. The zero-order valence-electron chi connectivity index (χ0n) is 34.3. The van der Waals surface area contributed by atoms with Crippen LogP contribution in [0.1, 0.15) is 99.3 Å². The van der Waals surface area contributed by atoms with E-state index in [-0.39, 0.29) is 35.0 Å². The molecule has 2 aliphatic heterocycles. The van der Waals surface area contributed by atoms with Crippen LogP contribution >= 0.6 is 0 Å². The number of rotatable bonds is 7. The Hall–Kier alpha value is -2.09. The van der Waals surface area contributed by atoms with E-state index in [0.29, 0.717) is 44.9 Å². The lowest BCUT2D eigenvalue weighted by Gasteiger charge is -2.71. The minimum absolute atomic E-state index is 0.0302. The molecule has 7 rings (SSSR count). The highest BCUT2D eigenvalue weighted by Gasteiger charge is 2.71. The number of carbonyl (C=O) groups is 3. The Kier molecular flexibility index (Phi) is 11.2. The number of aliphatic carboxylic acids is 1. The summed E-state index contributed by atoms with van der Waals surface area (Å²) in [6.45, 7) is 12.1. The Morgan fingerprint density at radius 1 is 0.793 bits per heavy atom. The molecule has 9 N–H and O–H groups in total. The average Bonchev–Trinajstić information content (AvgIpc) is 3.16. The number of esters is 1. The molecule has 2 saturated heterocycles. The molecule has 0 bridgehead atoms. The SMILES string of the molecule is CC1(C)CC[C@]2(C(=O)O[C@@H]3O[C@H](CO)[C@@H](O)[C@H](O)[C@H]3O)CC[C@]3(C)C(=CC[C@@H]4[C@@]5(C)C[C@H](O)[C@H](O[C@@H]6O[C@H](C(=O)O)[C@@H](O)[C@H](O)[C@H]6O)[C@](C)(C=O)[C@@H]5CC[C@]43C)[C@@H]2C1. The maximum Gasteiger partial charge on any atom is 0.335 e. The summed E-state index contributed by atoms with van der Waals surface area (Å²) in [6.07, 6.45) is -11.4. The first kappa shape index (κ1) is 44.0. The second-order valence-corrected chi connectivity index (χ2v) is 20.5. The van der Waals surface area contributed by atoms with Crippen LogP contribution in [0.2, 0.25) is 0 Å². The van der Waals surface area contributed by atoms with Crippen molar-refractivity contribution in [1.29, 1.82) is 0 Å². The van der Waals surface area contributed by atoms with E-state index < -0.39 is 114 Å². The number of aliphatic hydroxyl groups is 8. The largest absolute Gasteiger partial charge is 0.479 e. The molecular weight excluding hydrogens is 760 g/mol. The van der Waals surface area contributed by atoms with Gasteiger partial charge in [-0.2, -0.15) is 0 Å². The van der Waals surface area contributed by atoms with Gasteiger partial charge in [0.25, 0.3) is 0 Å². The van der Waals surface area contributed by atoms with E-state index in [1.165, 1.54) is 5.57 Å². The summed E-state index contributed by atoms with van der Waals surface area (Å²) < 4.78 is 23.1. The van der Waals surface area contributed by atoms with Gasteiger partial charge in [-0.15, -0.1) is 0 Å². The van der Waals surface area contributed by atoms with Gasteiger partial charge < -0.3 is 69.7 Å². The normalized spacial score (nSPS) is 53.8. The third-order valence-electron chi connectivity index (χ3n) is 17.1. The van der Waals surface area contributed by atoms with E-state index in [9.17, 15) is 60.3 Å². The van der Waals surface area contributed by atoms with Gasteiger partial charge in [0.15, 0.2) is 12.4 Å². The van der Waals surface area contributed by atoms with Gasteiger partial charge in [-0.1, -0.05) is 53.2 Å². The van der Waals surface area contributed by atoms with Crippen molar-refractivity contribution < 1.29 is 79.3 Å². The second-order valence-electron chi connectivity index (χ2n) is 20.5. The van der Waals surface area contributed by atoms with Gasteiger partial charge in [-0.25, -0.2) is 4.79 Å². The highest BCUT2D eigenvalue weighted by Crippen LogP contribution is 2.76. The molecule has 4 saturated carbocycles. The van der Waals surface area contributed by atoms with Gasteiger partial charge in [0.05, 0.1) is 29.6 Å². The third-order valence-corrected chi connectivity index (χ3v) is 17.1. The number of hydrogen-bond acceptors (Lipinski definition) is 15. The molecular formula is C42H64O16. The number of ether oxygens (including phenoxy) is 4. The van der Waals surface area contributed by atoms with Gasteiger partial charge in [-0.05, 0) is 97.2 Å². The van der Waals surface area contributed by atoms with Gasteiger partial charge in [0.1, 0.15) is 49.0 Å². The smallest absolute Gasteiger partial charge is 0.335 e. The number of carbonyl (C=O) groups excluding carboxylic acids is 2. The molecule has 6 fully saturated rings. The van der Waals surface area contributed by atoms with Crippen molar-refractivity contribution in [3.63, 3.8) is 0 Å². The highest BCUT2D eigenvalue weighted by molar-refractivity contribution is 5.79. The van der Waals surface area contributed by atoms with Crippen LogP contribution in [0.25, 0.3) is 0 Å². The van der Waals surface area contributed by atoms with Crippen molar-refractivity contribution in [3.8, 4) is 0 Å². The number of carboxylic acid groups (broad SMARTS) is 1. The molecule has 16 nitrogen and oxygen atoms in total. The van der Waals surface area contributed by atoms with Crippen molar-refractivity contribution in [3.05, 3.63) is 11.6 Å². The topological polar surface area (TPSA) is 270 Å². The lowest BCUT2D eigenvalue weighted by atomic mass is 9.33. The van der Waals surface area contributed by atoms with Gasteiger partial charge in [0.2, 0.25) is 6.29 Å². The van der Waals surface area contributed by atoms with Crippen LogP contribution in [0.5, 0.6) is 0 Å². The fourth-order valence-corrected chi connectivity index (χ4v) is 13.5. The molecule has 20 atom stereocenters. The third kappa shape index (κ3) is 6.29. The number of carboxylic acids is 1. The Morgan fingerprint density at radius 2 is 1.43 bits per heavy atom. The van der Waals surface area contributed by atoms with Crippen LogP contribution in [0.3, 0.4) is 0 Å². The van der Waals surface area contributed by atoms with Gasteiger partial charge >= 0.3 is 11.9 Å². The number of aldehydes is 1. The molecule has 0 aromatic carbocycles. The molecule has 0 amide bonds. The molecule has 328 valence electrons. The molecule has 2 heterocycles. The molecule has 0 unspecified atom stereocenters. The Bertz CT molecular complexity index is 1650. The Morgan fingerprint density at radius 3 is 2.07 bits per heavy atom. The van der Waals surface area contributed by atoms with Crippen LogP contribution in [-0.2, 0) is 33.3 Å². The van der Waals surface area contributed by atoms with Crippen molar-refractivity contribution in [2.24, 2.45) is 50.2 Å². The first-order chi connectivity index (χ1) is 27.0. The van der Waals surface area contributed by atoms with E-state index in [2.05, 4.69) is 40.7 Å². The second kappa shape index (κ2) is 14.8. The van der Waals surface area contributed by atoms with Crippen molar-refractivity contribution >= 4 is 18.2 Å². The van der Waals surface area contributed by atoms with Crippen molar-refractivity contribution in [2.45, 2.75) is 173 Å². The van der Waals surface area contributed by atoms with Crippen LogP contribution in [0.4, 0.5) is 0 Å². The first-order valence-corrected chi connectivity index (χ1v) is 20.9. The molecule has 0 spiro atoms. The Balaban J connectivity index is 1.19. The molecule has 5 aliphatic carbocycles. The lowest BCUT2D eigenvalue weighted by molar-refractivity contribution is -0.332. The number of fused-ring (bicyclic) bond motifs is 7. The average molecular weight is 825 g/mol. The predicted molar refractivity (Wildman–Crippen MR) is 200 cm³/mol. The van der Waals surface area contributed by atoms with E-state index in [0.717, 1.165) is 12.7 Å². The van der Waals surface area contributed by atoms with Gasteiger partial charge in [-0.3, -0.25) is 4.79 Å². The monoisotopic (exact) mass is 824 g/mol. The maximum absolute atomic E-state index is 14.6.